The van der Waals surface area contributed by atoms with E-state index in [0.717, 1.165) is 12.1 Å². The minimum atomic E-state index is -6.00. The van der Waals surface area contributed by atoms with Crippen molar-refractivity contribution in [3.8, 4) is 0 Å². The SMILES string of the molecule is NCc1ccc(CNC(=O)C(F)(F)C(F)(F)F)c(F)c1. The summed E-state index contributed by atoms with van der Waals surface area (Å²) in [6, 6.07) is 3.51. The first-order chi connectivity index (χ1) is 9.09. The Bertz CT molecular complexity index is 500. The Morgan fingerprint density at radius 3 is 2.25 bits per heavy atom. The zero-order valence-electron chi connectivity index (χ0n) is 9.90. The Hall–Kier alpha value is -1.77. The monoisotopic (exact) mass is 300 g/mol. The highest BCUT2D eigenvalue weighted by Gasteiger charge is 2.63. The molecule has 1 aromatic carbocycles. The summed E-state index contributed by atoms with van der Waals surface area (Å²) in [7, 11) is 0. The van der Waals surface area contributed by atoms with E-state index < -0.39 is 30.4 Å². The van der Waals surface area contributed by atoms with Gasteiger partial charge in [0.25, 0.3) is 0 Å². The molecule has 0 fully saturated rings. The number of hydrogen-bond acceptors (Lipinski definition) is 2. The maximum atomic E-state index is 13.4. The van der Waals surface area contributed by atoms with Crippen molar-refractivity contribution in [3.63, 3.8) is 0 Å². The molecule has 20 heavy (non-hydrogen) atoms. The van der Waals surface area contributed by atoms with Crippen LogP contribution in [0.5, 0.6) is 0 Å². The first kappa shape index (κ1) is 16.3. The lowest BCUT2D eigenvalue weighted by molar-refractivity contribution is -0.269. The molecular weight excluding hydrogens is 290 g/mol. The third-order valence-electron chi connectivity index (χ3n) is 2.43. The third kappa shape index (κ3) is 3.41. The van der Waals surface area contributed by atoms with Gasteiger partial charge in [-0.25, -0.2) is 4.39 Å². The number of nitrogens with two attached hydrogens (primary N) is 1. The second-order valence-electron chi connectivity index (χ2n) is 3.88. The van der Waals surface area contributed by atoms with E-state index in [1.54, 1.807) is 0 Å². The molecule has 0 saturated heterocycles. The number of nitrogens with one attached hydrogen (secondary N) is 1. The molecule has 1 rings (SSSR count). The topological polar surface area (TPSA) is 55.1 Å². The van der Waals surface area contributed by atoms with Gasteiger partial charge < -0.3 is 11.1 Å². The average Bonchev–Trinajstić information content (AvgIpc) is 2.35. The van der Waals surface area contributed by atoms with Crippen molar-refractivity contribution >= 4 is 5.91 Å². The van der Waals surface area contributed by atoms with Crippen molar-refractivity contribution in [1.82, 2.24) is 5.32 Å². The van der Waals surface area contributed by atoms with Gasteiger partial charge in [0.05, 0.1) is 0 Å². The summed E-state index contributed by atoms with van der Waals surface area (Å²) in [5, 5.41) is 1.34. The van der Waals surface area contributed by atoms with Crippen LogP contribution in [0, 0.1) is 5.82 Å². The average molecular weight is 300 g/mol. The van der Waals surface area contributed by atoms with Gasteiger partial charge in [0.15, 0.2) is 0 Å². The van der Waals surface area contributed by atoms with E-state index in [9.17, 15) is 31.1 Å². The minimum Gasteiger partial charge on any atom is -0.346 e. The molecule has 0 aliphatic heterocycles. The van der Waals surface area contributed by atoms with E-state index in [2.05, 4.69) is 0 Å². The lowest BCUT2D eigenvalue weighted by Crippen LogP contribution is -2.50. The fourth-order valence-electron chi connectivity index (χ4n) is 1.28. The molecule has 0 bridgehead atoms. The largest absolute Gasteiger partial charge is 0.463 e. The van der Waals surface area contributed by atoms with Gasteiger partial charge in [0, 0.05) is 18.7 Å². The number of alkyl halides is 5. The number of carbonyl (C=O) groups excluding carboxylic acids is 1. The molecule has 3 nitrogen and oxygen atoms in total. The van der Waals surface area contributed by atoms with E-state index >= 15 is 0 Å². The van der Waals surface area contributed by atoms with Crippen molar-refractivity contribution in [2.45, 2.75) is 25.2 Å². The predicted molar refractivity (Wildman–Crippen MR) is 57.1 cm³/mol. The van der Waals surface area contributed by atoms with Crippen LogP contribution < -0.4 is 11.1 Å². The molecule has 0 aliphatic rings. The fourth-order valence-corrected chi connectivity index (χ4v) is 1.28. The van der Waals surface area contributed by atoms with E-state index in [1.807, 2.05) is 0 Å². The Balaban J connectivity index is 2.75. The van der Waals surface area contributed by atoms with Gasteiger partial charge in [-0.1, -0.05) is 12.1 Å². The maximum Gasteiger partial charge on any atom is 0.463 e. The highest BCUT2D eigenvalue weighted by molar-refractivity contribution is 5.84. The molecule has 0 aliphatic carbocycles. The summed E-state index contributed by atoms with van der Waals surface area (Å²) in [5.74, 6) is -8.92. The van der Waals surface area contributed by atoms with Gasteiger partial charge in [0.2, 0.25) is 0 Å². The number of amides is 1. The lowest BCUT2D eigenvalue weighted by Gasteiger charge is -2.18. The second kappa shape index (κ2) is 5.70. The van der Waals surface area contributed by atoms with Crippen LogP contribution in [-0.4, -0.2) is 18.0 Å². The number of rotatable bonds is 4. The minimum absolute atomic E-state index is 0.0374. The normalized spacial score (nSPS) is 12.3. The van der Waals surface area contributed by atoms with Crippen LogP contribution in [0.4, 0.5) is 26.3 Å². The molecule has 0 atom stereocenters. The van der Waals surface area contributed by atoms with Gasteiger partial charge in [-0.3, -0.25) is 4.79 Å². The Kier molecular flexibility index (Phi) is 4.64. The van der Waals surface area contributed by atoms with Gasteiger partial charge in [-0.15, -0.1) is 0 Å². The zero-order valence-corrected chi connectivity index (χ0v) is 9.90. The molecule has 0 spiro atoms. The van der Waals surface area contributed by atoms with Gasteiger partial charge >= 0.3 is 18.0 Å². The van der Waals surface area contributed by atoms with Gasteiger partial charge in [-0.05, 0) is 11.6 Å². The second-order valence-corrected chi connectivity index (χ2v) is 3.88. The van der Waals surface area contributed by atoms with Crippen LogP contribution in [0.3, 0.4) is 0 Å². The number of hydrogen-bond donors (Lipinski definition) is 2. The molecular formula is C11H10F6N2O. The summed E-state index contributed by atoms with van der Waals surface area (Å²) in [6.07, 6.45) is -6.00. The van der Waals surface area contributed by atoms with Gasteiger partial charge in [0.1, 0.15) is 5.82 Å². The van der Waals surface area contributed by atoms with Crippen LogP contribution >= 0.6 is 0 Å². The van der Waals surface area contributed by atoms with Crippen molar-refractivity contribution in [2.75, 3.05) is 0 Å². The highest BCUT2D eigenvalue weighted by Crippen LogP contribution is 2.35. The van der Waals surface area contributed by atoms with Crippen molar-refractivity contribution < 1.29 is 31.1 Å². The van der Waals surface area contributed by atoms with E-state index in [0.29, 0.717) is 5.56 Å². The molecule has 0 heterocycles. The Labute approximate surface area is 109 Å². The first-order valence-corrected chi connectivity index (χ1v) is 5.29. The molecule has 0 saturated carbocycles. The third-order valence-corrected chi connectivity index (χ3v) is 2.43. The Morgan fingerprint density at radius 1 is 1.20 bits per heavy atom. The molecule has 1 amide bonds. The lowest BCUT2D eigenvalue weighted by atomic mass is 10.1. The van der Waals surface area contributed by atoms with Crippen LogP contribution in [0.25, 0.3) is 0 Å². The van der Waals surface area contributed by atoms with Crippen LogP contribution in [-0.2, 0) is 17.9 Å². The summed E-state index contributed by atoms with van der Waals surface area (Å²) in [6.45, 7) is -0.753. The summed E-state index contributed by atoms with van der Waals surface area (Å²) in [5.41, 5.74) is 5.42. The molecule has 0 aromatic heterocycles. The fraction of sp³-hybridized carbons (Fsp3) is 0.364. The number of carbonyl (C=O) groups is 1. The van der Waals surface area contributed by atoms with Crippen LogP contribution in [0.15, 0.2) is 18.2 Å². The van der Waals surface area contributed by atoms with Crippen LogP contribution in [0.1, 0.15) is 11.1 Å². The maximum absolute atomic E-state index is 13.4. The zero-order chi connectivity index (χ0) is 15.6. The molecule has 1 aromatic rings. The van der Waals surface area contributed by atoms with Crippen LogP contribution in [0.2, 0.25) is 0 Å². The Morgan fingerprint density at radius 2 is 1.80 bits per heavy atom. The number of benzene rings is 1. The van der Waals surface area contributed by atoms with E-state index in [4.69, 9.17) is 5.73 Å². The standard InChI is InChI=1S/C11H10F6N2O/c12-8-3-6(4-18)1-2-7(8)5-19-9(20)10(13,14)11(15,16)17/h1-3H,4-5,18H2,(H,19,20). The highest BCUT2D eigenvalue weighted by atomic mass is 19.4. The summed E-state index contributed by atoms with van der Waals surface area (Å²) in [4.78, 5) is 10.8. The van der Waals surface area contributed by atoms with Crippen molar-refractivity contribution in [3.05, 3.63) is 35.1 Å². The smallest absolute Gasteiger partial charge is 0.346 e. The first-order valence-electron chi connectivity index (χ1n) is 5.29. The van der Waals surface area contributed by atoms with Crippen molar-refractivity contribution in [2.24, 2.45) is 5.73 Å². The predicted octanol–water partition coefficient (Wildman–Crippen LogP) is 2.10. The van der Waals surface area contributed by atoms with Gasteiger partial charge in [-0.2, -0.15) is 22.0 Å². The van der Waals surface area contributed by atoms with E-state index in [1.165, 1.54) is 11.4 Å². The molecule has 9 heteroatoms. The molecule has 0 unspecified atom stereocenters. The van der Waals surface area contributed by atoms with E-state index in [-0.39, 0.29) is 12.1 Å². The quantitative estimate of drug-likeness (QED) is 0.837. The number of halogens is 6. The summed E-state index contributed by atoms with van der Waals surface area (Å²) < 4.78 is 74.3. The molecule has 112 valence electrons. The molecule has 3 N–H and O–H groups in total. The van der Waals surface area contributed by atoms with Crippen molar-refractivity contribution in [1.29, 1.82) is 0 Å². The molecule has 0 radical (unpaired) electrons. The summed E-state index contributed by atoms with van der Waals surface area (Å²) >= 11 is 0.